The molecule has 0 atom stereocenters. The van der Waals surface area contributed by atoms with Gasteiger partial charge in [-0.05, 0) is 36.4 Å². The molecule has 1 amide bonds. The lowest BCUT2D eigenvalue weighted by Crippen LogP contribution is -2.12. The van der Waals surface area contributed by atoms with E-state index < -0.39 is 5.91 Å². The maximum Gasteiger partial charge on any atom is 0.261 e. The number of aromatic nitrogens is 1. The van der Waals surface area contributed by atoms with E-state index in [1.54, 1.807) is 42.5 Å². The van der Waals surface area contributed by atoms with Gasteiger partial charge < -0.3 is 10.4 Å². The molecule has 0 saturated carbocycles. The molecule has 21 heavy (non-hydrogen) atoms. The van der Waals surface area contributed by atoms with Crippen LogP contribution in [0, 0.1) is 0 Å². The van der Waals surface area contributed by atoms with Crippen LogP contribution in [0.1, 0.15) is 10.4 Å². The number of carbonyl (C=O) groups excluding carboxylic acids is 1. The fraction of sp³-hybridized carbons (Fsp3) is 0. The summed E-state index contributed by atoms with van der Waals surface area (Å²) < 4.78 is 0. The Labute approximate surface area is 126 Å². The molecule has 0 radical (unpaired) electrons. The second-order valence-electron chi connectivity index (χ2n) is 4.50. The van der Waals surface area contributed by atoms with Crippen molar-refractivity contribution in [3.8, 4) is 5.75 Å². The van der Waals surface area contributed by atoms with Crippen molar-refractivity contribution in [2.75, 3.05) is 5.32 Å². The number of nitrogens with zero attached hydrogens (tertiary/aromatic N) is 1. The van der Waals surface area contributed by atoms with Gasteiger partial charge >= 0.3 is 0 Å². The van der Waals surface area contributed by atoms with E-state index >= 15 is 0 Å². The van der Waals surface area contributed by atoms with Crippen molar-refractivity contribution >= 4 is 34.1 Å². The molecule has 1 aromatic heterocycles. The van der Waals surface area contributed by atoms with Crippen LogP contribution in [0.25, 0.3) is 10.9 Å². The monoisotopic (exact) mass is 298 g/mol. The zero-order valence-electron chi connectivity index (χ0n) is 10.9. The van der Waals surface area contributed by atoms with Crippen molar-refractivity contribution in [3.63, 3.8) is 0 Å². The number of amides is 1. The second-order valence-corrected chi connectivity index (χ2v) is 4.94. The van der Waals surface area contributed by atoms with Gasteiger partial charge in [0.1, 0.15) is 11.3 Å². The van der Waals surface area contributed by atoms with E-state index in [9.17, 15) is 9.90 Å². The Morgan fingerprint density at radius 1 is 1.10 bits per heavy atom. The number of carbonyl (C=O) groups is 1. The molecule has 1 heterocycles. The molecule has 4 nitrogen and oxygen atoms in total. The minimum absolute atomic E-state index is 0.0768. The van der Waals surface area contributed by atoms with Gasteiger partial charge in [0, 0.05) is 22.3 Å². The first-order valence-corrected chi connectivity index (χ1v) is 6.66. The predicted octanol–water partition coefficient (Wildman–Crippen LogP) is 3.85. The fourth-order valence-corrected chi connectivity index (χ4v) is 2.15. The third-order valence-electron chi connectivity index (χ3n) is 3.09. The molecule has 0 unspecified atom stereocenters. The Balaban J connectivity index is 1.94. The fourth-order valence-electron chi connectivity index (χ4n) is 2.02. The molecular formula is C16H11ClN2O2. The molecule has 2 N–H and O–H groups in total. The molecule has 3 rings (SSSR count). The molecule has 2 aromatic carbocycles. The summed E-state index contributed by atoms with van der Waals surface area (Å²) >= 11 is 5.79. The van der Waals surface area contributed by atoms with Crippen molar-refractivity contribution in [2.24, 2.45) is 0 Å². The average Bonchev–Trinajstić information content (AvgIpc) is 2.50. The summed E-state index contributed by atoms with van der Waals surface area (Å²) in [5.41, 5.74) is 1.36. The number of halogens is 1. The maximum atomic E-state index is 12.2. The van der Waals surface area contributed by atoms with Crippen molar-refractivity contribution in [3.05, 3.63) is 65.3 Å². The van der Waals surface area contributed by atoms with Gasteiger partial charge in [-0.1, -0.05) is 23.7 Å². The molecule has 0 aliphatic heterocycles. The Kier molecular flexibility index (Phi) is 3.46. The summed E-state index contributed by atoms with van der Waals surface area (Å²) in [4.78, 5) is 16.4. The van der Waals surface area contributed by atoms with Crippen molar-refractivity contribution in [1.82, 2.24) is 4.98 Å². The van der Waals surface area contributed by atoms with Gasteiger partial charge in [-0.25, -0.2) is 0 Å². The third-order valence-corrected chi connectivity index (χ3v) is 3.35. The van der Waals surface area contributed by atoms with E-state index in [4.69, 9.17) is 11.6 Å². The van der Waals surface area contributed by atoms with E-state index in [2.05, 4.69) is 10.3 Å². The van der Waals surface area contributed by atoms with Crippen LogP contribution in [-0.2, 0) is 0 Å². The first-order valence-electron chi connectivity index (χ1n) is 6.29. The summed E-state index contributed by atoms with van der Waals surface area (Å²) in [7, 11) is 0. The molecule has 3 aromatic rings. The number of pyridine rings is 1. The van der Waals surface area contributed by atoms with Crippen LogP contribution in [-0.4, -0.2) is 16.0 Å². The third kappa shape index (κ3) is 2.66. The quantitative estimate of drug-likeness (QED) is 0.755. The lowest BCUT2D eigenvalue weighted by molar-refractivity contribution is 0.102. The lowest BCUT2D eigenvalue weighted by Gasteiger charge is -2.08. The first-order chi connectivity index (χ1) is 10.1. The van der Waals surface area contributed by atoms with E-state index in [0.717, 1.165) is 0 Å². The summed E-state index contributed by atoms with van der Waals surface area (Å²) in [6.07, 6.45) is 1.36. The van der Waals surface area contributed by atoms with Crippen molar-refractivity contribution < 1.29 is 9.90 Å². The summed E-state index contributed by atoms with van der Waals surface area (Å²) in [6.45, 7) is 0. The highest BCUT2D eigenvalue weighted by atomic mass is 35.5. The number of hydrogen-bond acceptors (Lipinski definition) is 3. The van der Waals surface area contributed by atoms with E-state index in [1.807, 2.05) is 6.07 Å². The zero-order valence-corrected chi connectivity index (χ0v) is 11.6. The standard InChI is InChI=1S/C16H11ClN2O2/c17-10-5-7-11(8-6-10)19-16(21)13-9-18-14-4-2-1-3-12(14)15(13)20/h1-9H,(H,18,20)(H,19,21). The number of benzene rings is 2. The normalized spacial score (nSPS) is 10.5. The molecule has 0 aliphatic rings. The van der Waals surface area contributed by atoms with Crippen molar-refractivity contribution in [1.29, 1.82) is 0 Å². The predicted molar refractivity (Wildman–Crippen MR) is 82.8 cm³/mol. The smallest absolute Gasteiger partial charge is 0.261 e. The van der Waals surface area contributed by atoms with Gasteiger partial charge in [-0.15, -0.1) is 0 Å². The second kappa shape index (κ2) is 5.42. The summed E-state index contributed by atoms with van der Waals surface area (Å²) in [5, 5.41) is 14.0. The van der Waals surface area contributed by atoms with Crippen LogP contribution in [0.15, 0.2) is 54.7 Å². The molecule has 104 valence electrons. The molecule has 0 fully saturated rings. The Morgan fingerprint density at radius 2 is 1.81 bits per heavy atom. The number of nitrogens with one attached hydrogen (secondary N) is 1. The SMILES string of the molecule is O=C(Nc1ccc(Cl)cc1)c1cnc2ccccc2c1O. The summed E-state index contributed by atoms with van der Waals surface area (Å²) in [6, 6.07) is 13.8. The van der Waals surface area contributed by atoms with Crippen molar-refractivity contribution in [2.45, 2.75) is 0 Å². The Hall–Kier alpha value is -2.59. The number of fused-ring (bicyclic) bond motifs is 1. The highest BCUT2D eigenvalue weighted by molar-refractivity contribution is 6.30. The van der Waals surface area contributed by atoms with Crippen LogP contribution >= 0.6 is 11.6 Å². The van der Waals surface area contributed by atoms with E-state index in [1.165, 1.54) is 6.20 Å². The van der Waals surface area contributed by atoms with E-state index in [-0.39, 0.29) is 11.3 Å². The van der Waals surface area contributed by atoms with Crippen LogP contribution in [0.4, 0.5) is 5.69 Å². The average molecular weight is 299 g/mol. The topological polar surface area (TPSA) is 62.2 Å². The first kappa shape index (κ1) is 13.4. The van der Waals surface area contributed by atoms with Gasteiger partial charge in [-0.3, -0.25) is 9.78 Å². The largest absolute Gasteiger partial charge is 0.506 e. The zero-order chi connectivity index (χ0) is 14.8. The maximum absolute atomic E-state index is 12.2. The highest BCUT2D eigenvalue weighted by Crippen LogP contribution is 2.27. The molecule has 0 spiro atoms. The minimum Gasteiger partial charge on any atom is -0.506 e. The van der Waals surface area contributed by atoms with Gasteiger partial charge in [0.2, 0.25) is 0 Å². The number of hydrogen-bond donors (Lipinski definition) is 2. The van der Waals surface area contributed by atoms with Gasteiger partial charge in [-0.2, -0.15) is 0 Å². The number of rotatable bonds is 2. The van der Waals surface area contributed by atoms with Crippen LogP contribution in [0.5, 0.6) is 5.75 Å². The number of para-hydroxylation sites is 1. The van der Waals surface area contributed by atoms with Gasteiger partial charge in [0.25, 0.3) is 5.91 Å². The molecule has 0 saturated heterocycles. The van der Waals surface area contributed by atoms with Gasteiger partial charge in [0.05, 0.1) is 5.52 Å². The van der Waals surface area contributed by atoms with Crippen LogP contribution in [0.3, 0.4) is 0 Å². The molecule has 0 aliphatic carbocycles. The Morgan fingerprint density at radius 3 is 2.57 bits per heavy atom. The number of aromatic hydroxyl groups is 1. The van der Waals surface area contributed by atoms with Crippen LogP contribution in [0.2, 0.25) is 5.02 Å². The van der Waals surface area contributed by atoms with E-state index in [0.29, 0.717) is 21.6 Å². The lowest BCUT2D eigenvalue weighted by atomic mass is 10.1. The van der Waals surface area contributed by atoms with Crippen LogP contribution < -0.4 is 5.32 Å². The molecule has 0 bridgehead atoms. The molecule has 5 heteroatoms. The minimum atomic E-state index is -0.423. The summed E-state index contributed by atoms with van der Waals surface area (Å²) in [5.74, 6) is -0.500. The molecular weight excluding hydrogens is 288 g/mol. The number of anilines is 1. The van der Waals surface area contributed by atoms with Gasteiger partial charge in [0.15, 0.2) is 0 Å². The highest BCUT2D eigenvalue weighted by Gasteiger charge is 2.14. The Bertz CT molecular complexity index is 816.